The fourth-order valence-electron chi connectivity index (χ4n) is 3.69. The highest BCUT2D eigenvalue weighted by Gasteiger charge is 2.35. The van der Waals surface area contributed by atoms with Gasteiger partial charge in [0.2, 0.25) is 0 Å². The van der Waals surface area contributed by atoms with Gasteiger partial charge in [0.15, 0.2) is 0 Å². The first-order valence-corrected chi connectivity index (χ1v) is 8.73. The van der Waals surface area contributed by atoms with E-state index in [9.17, 15) is 22.0 Å². The number of aromatic amines is 1. The van der Waals surface area contributed by atoms with E-state index in [1.54, 1.807) is 0 Å². The molecule has 0 radical (unpaired) electrons. The van der Waals surface area contributed by atoms with Gasteiger partial charge in [-0.25, -0.2) is 8.78 Å². The largest absolute Gasteiger partial charge is 0.416 e. The van der Waals surface area contributed by atoms with Crippen LogP contribution in [0.1, 0.15) is 29.2 Å². The summed E-state index contributed by atoms with van der Waals surface area (Å²) in [5, 5.41) is 4.04. The summed E-state index contributed by atoms with van der Waals surface area (Å²) in [7, 11) is 0. The molecule has 0 bridgehead atoms. The SMILES string of the molecule is C=C1NCCc2c(-c3cc(C(C)(F)F)cc(C(F)(F)F)c3)[nH]c3cccc1c23. The normalized spacial score (nSPS) is 14.9. The lowest BCUT2D eigenvalue weighted by molar-refractivity contribution is -0.137. The van der Waals surface area contributed by atoms with E-state index in [-0.39, 0.29) is 5.56 Å². The summed E-state index contributed by atoms with van der Waals surface area (Å²) < 4.78 is 67.9. The first-order chi connectivity index (χ1) is 13.1. The van der Waals surface area contributed by atoms with Crippen molar-refractivity contribution < 1.29 is 22.0 Å². The van der Waals surface area contributed by atoms with Crippen molar-refractivity contribution in [2.24, 2.45) is 0 Å². The maximum Gasteiger partial charge on any atom is 0.416 e. The Morgan fingerprint density at radius 2 is 1.71 bits per heavy atom. The number of benzene rings is 2. The van der Waals surface area contributed by atoms with Crippen LogP contribution in [-0.2, 0) is 18.5 Å². The smallest absolute Gasteiger partial charge is 0.385 e. The lowest BCUT2D eigenvalue weighted by Gasteiger charge is -2.16. The first kappa shape index (κ1) is 18.5. The zero-order valence-electron chi connectivity index (χ0n) is 15.0. The summed E-state index contributed by atoms with van der Waals surface area (Å²) in [6, 6.07) is 8.07. The molecule has 0 atom stereocenters. The standard InChI is InChI=1S/C21H17F5N2/c1-11-15-4-3-5-17-18(15)16(6-7-27-11)19(28-17)12-8-13(20(2,22)23)10-14(9-12)21(24,25)26/h3-5,8-10,27-28H,1,6-7H2,2H3. The molecule has 1 aromatic heterocycles. The highest BCUT2D eigenvalue weighted by Crippen LogP contribution is 2.41. The number of H-pyrrole nitrogens is 1. The van der Waals surface area contributed by atoms with Gasteiger partial charge < -0.3 is 10.3 Å². The molecule has 2 heterocycles. The molecule has 0 saturated heterocycles. The Bertz CT molecular complexity index is 1050. The molecule has 2 aromatic carbocycles. The summed E-state index contributed by atoms with van der Waals surface area (Å²) in [5.74, 6) is -3.39. The van der Waals surface area contributed by atoms with Gasteiger partial charge in [0.1, 0.15) is 0 Å². The van der Waals surface area contributed by atoms with E-state index in [2.05, 4.69) is 16.9 Å². The molecule has 0 unspecified atom stereocenters. The van der Waals surface area contributed by atoms with Crippen LogP contribution in [-0.4, -0.2) is 11.5 Å². The van der Waals surface area contributed by atoms with E-state index < -0.39 is 23.2 Å². The van der Waals surface area contributed by atoms with Crippen molar-refractivity contribution in [3.8, 4) is 11.3 Å². The second-order valence-corrected chi connectivity index (χ2v) is 7.05. The molecule has 4 rings (SSSR count). The second kappa shape index (κ2) is 6.09. The lowest BCUT2D eigenvalue weighted by Crippen LogP contribution is -2.13. The number of alkyl halides is 5. The first-order valence-electron chi connectivity index (χ1n) is 8.73. The highest BCUT2D eigenvalue weighted by molar-refractivity contribution is 5.99. The van der Waals surface area contributed by atoms with Crippen LogP contribution < -0.4 is 5.32 Å². The van der Waals surface area contributed by atoms with E-state index in [4.69, 9.17) is 0 Å². The lowest BCUT2D eigenvalue weighted by atomic mass is 9.96. The van der Waals surface area contributed by atoms with Gasteiger partial charge in [-0.05, 0) is 41.8 Å². The van der Waals surface area contributed by atoms with Gasteiger partial charge in [-0.2, -0.15) is 13.2 Å². The molecule has 146 valence electrons. The zero-order valence-corrected chi connectivity index (χ0v) is 15.0. The molecule has 2 nitrogen and oxygen atoms in total. The van der Waals surface area contributed by atoms with Crippen molar-refractivity contribution in [2.45, 2.75) is 25.4 Å². The Morgan fingerprint density at radius 3 is 2.39 bits per heavy atom. The molecule has 2 N–H and O–H groups in total. The Labute approximate surface area is 158 Å². The third-order valence-electron chi connectivity index (χ3n) is 5.02. The maximum absolute atomic E-state index is 13.9. The molecule has 0 spiro atoms. The Kier molecular flexibility index (Phi) is 4.03. The summed E-state index contributed by atoms with van der Waals surface area (Å²) in [5.41, 5.74) is 1.85. The summed E-state index contributed by atoms with van der Waals surface area (Å²) in [6.45, 7) is 5.14. The van der Waals surface area contributed by atoms with Gasteiger partial charge in [0.25, 0.3) is 5.92 Å². The number of rotatable bonds is 2. The van der Waals surface area contributed by atoms with Gasteiger partial charge >= 0.3 is 6.18 Å². The third kappa shape index (κ3) is 3.04. The van der Waals surface area contributed by atoms with E-state index in [1.807, 2.05) is 18.2 Å². The topological polar surface area (TPSA) is 27.8 Å². The molecule has 1 aliphatic heterocycles. The number of hydrogen-bond acceptors (Lipinski definition) is 1. The summed E-state index contributed by atoms with van der Waals surface area (Å²) in [4.78, 5) is 3.14. The average Bonchev–Trinajstić information content (AvgIpc) is 2.89. The van der Waals surface area contributed by atoms with Crippen LogP contribution in [0.15, 0.2) is 43.0 Å². The van der Waals surface area contributed by atoms with Crippen LogP contribution in [0.5, 0.6) is 0 Å². The summed E-state index contributed by atoms with van der Waals surface area (Å²) in [6.07, 6.45) is -4.20. The molecule has 0 amide bonds. The number of halogens is 5. The van der Waals surface area contributed by atoms with Crippen molar-refractivity contribution in [1.82, 2.24) is 10.3 Å². The van der Waals surface area contributed by atoms with Crippen LogP contribution in [0, 0.1) is 0 Å². The van der Waals surface area contributed by atoms with Gasteiger partial charge in [-0.3, -0.25) is 0 Å². The van der Waals surface area contributed by atoms with Gasteiger partial charge in [-0.15, -0.1) is 0 Å². The van der Waals surface area contributed by atoms with Crippen LogP contribution in [0.4, 0.5) is 22.0 Å². The molecule has 0 aliphatic carbocycles. The second-order valence-electron chi connectivity index (χ2n) is 7.05. The Hall–Kier alpha value is -2.83. The van der Waals surface area contributed by atoms with Crippen molar-refractivity contribution in [3.63, 3.8) is 0 Å². The van der Waals surface area contributed by atoms with Crippen molar-refractivity contribution in [3.05, 3.63) is 65.2 Å². The van der Waals surface area contributed by atoms with Crippen molar-refractivity contribution in [1.29, 1.82) is 0 Å². The number of aromatic nitrogens is 1. The molecule has 0 fully saturated rings. The Morgan fingerprint density at radius 1 is 1.00 bits per heavy atom. The molecule has 1 aliphatic rings. The molecule has 28 heavy (non-hydrogen) atoms. The van der Waals surface area contributed by atoms with Crippen LogP contribution >= 0.6 is 0 Å². The van der Waals surface area contributed by atoms with Gasteiger partial charge in [0, 0.05) is 46.9 Å². The Balaban J connectivity index is 2.02. The quantitative estimate of drug-likeness (QED) is 0.508. The molecular weight excluding hydrogens is 375 g/mol. The van der Waals surface area contributed by atoms with Crippen LogP contribution in [0.25, 0.3) is 27.9 Å². The van der Waals surface area contributed by atoms with Gasteiger partial charge in [-0.1, -0.05) is 18.7 Å². The predicted molar refractivity (Wildman–Crippen MR) is 99.0 cm³/mol. The molecule has 7 heteroatoms. The fraction of sp³-hybridized carbons (Fsp3) is 0.238. The van der Waals surface area contributed by atoms with E-state index in [0.717, 1.165) is 39.9 Å². The average molecular weight is 392 g/mol. The van der Waals surface area contributed by atoms with E-state index in [1.165, 1.54) is 0 Å². The third-order valence-corrected chi connectivity index (χ3v) is 5.02. The van der Waals surface area contributed by atoms with Crippen molar-refractivity contribution in [2.75, 3.05) is 6.54 Å². The number of hydrogen-bond donors (Lipinski definition) is 2. The molecule has 0 saturated carbocycles. The fourth-order valence-corrected chi connectivity index (χ4v) is 3.69. The minimum Gasteiger partial charge on any atom is -0.385 e. The van der Waals surface area contributed by atoms with Crippen molar-refractivity contribution >= 4 is 16.6 Å². The monoisotopic (exact) mass is 392 g/mol. The van der Waals surface area contributed by atoms with Crippen LogP contribution in [0.3, 0.4) is 0 Å². The minimum atomic E-state index is -4.73. The van der Waals surface area contributed by atoms with Gasteiger partial charge in [0.05, 0.1) is 5.56 Å². The molecular formula is C21H17F5N2. The predicted octanol–water partition coefficient (Wildman–Crippen LogP) is 6.08. The van der Waals surface area contributed by atoms with E-state index in [0.29, 0.717) is 31.6 Å². The highest BCUT2D eigenvalue weighted by atomic mass is 19.4. The van der Waals surface area contributed by atoms with E-state index >= 15 is 0 Å². The summed E-state index contributed by atoms with van der Waals surface area (Å²) >= 11 is 0. The maximum atomic E-state index is 13.9. The number of nitrogens with one attached hydrogen (secondary N) is 2. The minimum absolute atomic E-state index is 0.0935. The molecule has 3 aromatic rings. The zero-order chi connectivity index (χ0) is 20.3. The van der Waals surface area contributed by atoms with Crippen LogP contribution in [0.2, 0.25) is 0 Å².